The van der Waals surface area contributed by atoms with Crippen molar-refractivity contribution in [3.05, 3.63) is 53.6 Å². The van der Waals surface area contributed by atoms with Crippen LogP contribution >= 0.6 is 0 Å². The summed E-state index contributed by atoms with van der Waals surface area (Å²) in [6.45, 7) is 1.55. The molecule has 0 spiro atoms. The molecule has 0 unspecified atom stereocenters. The van der Waals surface area contributed by atoms with Gasteiger partial charge in [0.05, 0.1) is 22.3 Å². The molecule has 0 saturated carbocycles. The van der Waals surface area contributed by atoms with Gasteiger partial charge in [0.1, 0.15) is 0 Å². The number of aryl methyl sites for hydroxylation is 1. The SMILES string of the molecule is Cc1ccc(S(=O)(=O)Nc2ccncc2F)cc1C(=O)O. The minimum atomic E-state index is -4.09. The van der Waals surface area contributed by atoms with Gasteiger partial charge in [-0.05, 0) is 30.7 Å². The van der Waals surface area contributed by atoms with Gasteiger partial charge in [0.2, 0.25) is 0 Å². The van der Waals surface area contributed by atoms with Crippen molar-refractivity contribution in [3.63, 3.8) is 0 Å². The van der Waals surface area contributed by atoms with Crippen LogP contribution in [0.5, 0.6) is 0 Å². The number of nitrogens with one attached hydrogen (secondary N) is 1. The normalized spacial score (nSPS) is 11.1. The van der Waals surface area contributed by atoms with E-state index < -0.39 is 21.8 Å². The Balaban J connectivity index is 2.43. The van der Waals surface area contributed by atoms with Crippen LogP contribution in [0.4, 0.5) is 10.1 Å². The second kappa shape index (κ2) is 5.49. The number of carboxylic acids is 1. The predicted molar refractivity (Wildman–Crippen MR) is 73.1 cm³/mol. The number of sulfonamides is 1. The Labute approximate surface area is 120 Å². The Morgan fingerprint density at radius 3 is 2.67 bits per heavy atom. The van der Waals surface area contributed by atoms with Crippen LogP contribution < -0.4 is 4.72 Å². The van der Waals surface area contributed by atoms with E-state index in [9.17, 15) is 17.6 Å². The van der Waals surface area contributed by atoms with Gasteiger partial charge in [-0.15, -0.1) is 0 Å². The summed E-state index contributed by atoms with van der Waals surface area (Å²) in [5, 5.41) is 9.01. The number of nitrogens with zero attached hydrogens (tertiary/aromatic N) is 1. The zero-order chi connectivity index (χ0) is 15.6. The summed E-state index contributed by atoms with van der Waals surface area (Å²) in [6, 6.07) is 4.82. The lowest BCUT2D eigenvalue weighted by Crippen LogP contribution is -2.15. The first-order valence-electron chi connectivity index (χ1n) is 5.77. The number of anilines is 1. The van der Waals surface area contributed by atoms with Crippen LogP contribution in [0.25, 0.3) is 0 Å². The highest BCUT2D eigenvalue weighted by molar-refractivity contribution is 7.92. The van der Waals surface area contributed by atoms with Crippen LogP contribution in [0.3, 0.4) is 0 Å². The van der Waals surface area contributed by atoms with Crippen molar-refractivity contribution in [1.29, 1.82) is 0 Å². The first kappa shape index (κ1) is 14.9. The number of benzene rings is 1. The highest BCUT2D eigenvalue weighted by Gasteiger charge is 2.19. The molecule has 21 heavy (non-hydrogen) atoms. The number of hydrogen-bond donors (Lipinski definition) is 2. The molecule has 2 aromatic rings. The predicted octanol–water partition coefficient (Wildman–Crippen LogP) is 2.03. The number of pyridine rings is 1. The van der Waals surface area contributed by atoms with Crippen LogP contribution in [-0.4, -0.2) is 24.5 Å². The van der Waals surface area contributed by atoms with E-state index in [0.29, 0.717) is 5.56 Å². The fourth-order valence-electron chi connectivity index (χ4n) is 1.66. The number of aromatic carboxylic acids is 1. The first-order valence-corrected chi connectivity index (χ1v) is 7.26. The van der Waals surface area contributed by atoms with Crippen molar-refractivity contribution in [1.82, 2.24) is 4.98 Å². The molecule has 2 rings (SSSR count). The van der Waals surface area contributed by atoms with Crippen molar-refractivity contribution >= 4 is 21.7 Å². The van der Waals surface area contributed by atoms with E-state index in [1.165, 1.54) is 24.4 Å². The van der Waals surface area contributed by atoms with E-state index in [1.807, 2.05) is 0 Å². The van der Waals surface area contributed by atoms with Gasteiger partial charge in [0.25, 0.3) is 10.0 Å². The maximum Gasteiger partial charge on any atom is 0.335 e. The molecule has 0 saturated heterocycles. The minimum absolute atomic E-state index is 0.131. The third-order valence-corrected chi connectivity index (χ3v) is 4.13. The smallest absolute Gasteiger partial charge is 0.335 e. The molecule has 2 N–H and O–H groups in total. The van der Waals surface area contributed by atoms with Gasteiger partial charge >= 0.3 is 5.97 Å². The van der Waals surface area contributed by atoms with Crippen LogP contribution in [0.15, 0.2) is 41.6 Å². The van der Waals surface area contributed by atoms with Gasteiger partial charge in [-0.2, -0.15) is 0 Å². The average Bonchev–Trinajstić information content (AvgIpc) is 2.41. The summed E-state index contributed by atoms with van der Waals surface area (Å²) in [6.07, 6.45) is 2.11. The average molecular weight is 310 g/mol. The maximum absolute atomic E-state index is 13.4. The molecule has 1 aromatic heterocycles. The highest BCUT2D eigenvalue weighted by atomic mass is 32.2. The number of hydrogen-bond acceptors (Lipinski definition) is 4. The first-order chi connectivity index (χ1) is 9.81. The van der Waals surface area contributed by atoms with Crippen molar-refractivity contribution in [3.8, 4) is 0 Å². The molecular formula is C13H11FN2O4S. The molecule has 0 radical (unpaired) electrons. The van der Waals surface area contributed by atoms with Crippen molar-refractivity contribution in [2.24, 2.45) is 0 Å². The molecular weight excluding hydrogens is 299 g/mol. The molecule has 1 heterocycles. The Morgan fingerprint density at radius 1 is 1.33 bits per heavy atom. The lowest BCUT2D eigenvalue weighted by molar-refractivity contribution is 0.0696. The third kappa shape index (κ3) is 3.16. The van der Waals surface area contributed by atoms with E-state index in [2.05, 4.69) is 9.71 Å². The van der Waals surface area contributed by atoms with Crippen LogP contribution in [0, 0.1) is 12.7 Å². The molecule has 0 aliphatic heterocycles. The summed E-state index contributed by atoms with van der Waals surface area (Å²) in [5.74, 6) is -2.06. The summed E-state index contributed by atoms with van der Waals surface area (Å²) < 4.78 is 39.8. The molecule has 1 aromatic carbocycles. The highest BCUT2D eigenvalue weighted by Crippen LogP contribution is 2.20. The van der Waals surface area contributed by atoms with Gasteiger partial charge in [0, 0.05) is 6.20 Å². The molecule has 0 bridgehead atoms. The molecule has 0 atom stereocenters. The van der Waals surface area contributed by atoms with Gasteiger partial charge in [0.15, 0.2) is 5.82 Å². The molecule has 110 valence electrons. The van der Waals surface area contributed by atoms with E-state index in [4.69, 9.17) is 5.11 Å². The van der Waals surface area contributed by atoms with Gasteiger partial charge in [-0.1, -0.05) is 6.07 Å². The van der Waals surface area contributed by atoms with E-state index in [0.717, 1.165) is 12.3 Å². The molecule has 0 fully saturated rings. The summed E-state index contributed by atoms with van der Waals surface area (Å²) in [5.41, 5.74) is 0.0343. The standard InChI is InChI=1S/C13H11FN2O4S/c1-8-2-3-9(6-10(8)13(17)18)21(19,20)16-12-4-5-15-7-11(12)14/h2-7H,1H3,(H,15,16)(H,17,18). The maximum atomic E-state index is 13.4. The quantitative estimate of drug-likeness (QED) is 0.900. The fraction of sp³-hybridized carbons (Fsp3) is 0.0769. The van der Waals surface area contributed by atoms with Crippen molar-refractivity contribution in [2.75, 3.05) is 4.72 Å². The largest absolute Gasteiger partial charge is 0.478 e. The minimum Gasteiger partial charge on any atom is -0.478 e. The molecule has 6 nitrogen and oxygen atoms in total. The molecule has 0 aliphatic carbocycles. The van der Waals surface area contributed by atoms with E-state index >= 15 is 0 Å². The zero-order valence-electron chi connectivity index (χ0n) is 10.9. The molecule has 0 amide bonds. The monoisotopic (exact) mass is 310 g/mol. The Hall–Kier alpha value is -2.48. The topological polar surface area (TPSA) is 96.4 Å². The Kier molecular flexibility index (Phi) is 3.90. The summed E-state index contributed by atoms with van der Waals surface area (Å²) in [7, 11) is -4.09. The van der Waals surface area contributed by atoms with E-state index in [1.54, 1.807) is 6.92 Å². The van der Waals surface area contributed by atoms with Crippen LogP contribution in [0.1, 0.15) is 15.9 Å². The van der Waals surface area contributed by atoms with Crippen LogP contribution in [0.2, 0.25) is 0 Å². The number of aromatic nitrogens is 1. The number of carboxylic acid groups (broad SMARTS) is 1. The zero-order valence-corrected chi connectivity index (χ0v) is 11.7. The number of halogens is 1. The summed E-state index contributed by atoms with van der Waals surface area (Å²) in [4.78, 5) is 14.3. The van der Waals surface area contributed by atoms with Gasteiger partial charge < -0.3 is 5.11 Å². The number of rotatable bonds is 4. The Morgan fingerprint density at radius 2 is 2.05 bits per heavy atom. The third-order valence-electron chi connectivity index (χ3n) is 2.77. The molecule has 0 aliphatic rings. The van der Waals surface area contributed by atoms with Crippen LogP contribution in [-0.2, 0) is 10.0 Å². The second-order valence-electron chi connectivity index (χ2n) is 4.24. The fourth-order valence-corrected chi connectivity index (χ4v) is 2.75. The molecule has 8 heteroatoms. The lowest BCUT2D eigenvalue weighted by atomic mass is 10.1. The van der Waals surface area contributed by atoms with Crippen molar-refractivity contribution in [2.45, 2.75) is 11.8 Å². The summed E-state index contributed by atoms with van der Waals surface area (Å²) >= 11 is 0. The van der Waals surface area contributed by atoms with E-state index in [-0.39, 0.29) is 16.1 Å². The van der Waals surface area contributed by atoms with Gasteiger partial charge in [-0.3, -0.25) is 9.71 Å². The second-order valence-corrected chi connectivity index (χ2v) is 5.93. The van der Waals surface area contributed by atoms with Gasteiger partial charge in [-0.25, -0.2) is 17.6 Å². The number of carbonyl (C=O) groups is 1. The lowest BCUT2D eigenvalue weighted by Gasteiger charge is -2.10. The Bertz CT molecular complexity index is 806. The van der Waals surface area contributed by atoms with Crippen molar-refractivity contribution < 1.29 is 22.7 Å².